The number of rotatable bonds is 4. The van der Waals surface area contributed by atoms with E-state index in [0.29, 0.717) is 6.54 Å². The summed E-state index contributed by atoms with van der Waals surface area (Å²) in [7, 11) is 1.78. The molecule has 0 aliphatic heterocycles. The van der Waals surface area contributed by atoms with Crippen LogP contribution in [0.2, 0.25) is 0 Å². The maximum Gasteiger partial charge on any atom is 0.249 e. The number of likely N-dealkylation sites (N-methyl/N-ethyl adjacent to an activating group) is 1. The first-order valence-electron chi connectivity index (χ1n) is 5.09. The van der Waals surface area contributed by atoms with Gasteiger partial charge in [-0.15, -0.1) is 0 Å². The maximum atomic E-state index is 11.8. The van der Waals surface area contributed by atoms with E-state index >= 15 is 0 Å². The van der Waals surface area contributed by atoms with E-state index in [1.54, 1.807) is 18.2 Å². The molecule has 3 nitrogen and oxygen atoms in total. The minimum atomic E-state index is 0.0493. The van der Waals surface area contributed by atoms with Gasteiger partial charge in [0.05, 0.1) is 12.8 Å². The fourth-order valence-corrected chi connectivity index (χ4v) is 1.40. The van der Waals surface area contributed by atoms with Crippen molar-refractivity contribution in [1.29, 1.82) is 0 Å². The number of nitrogens with zero attached hydrogens (tertiary/aromatic N) is 1. The number of amides is 1. The molecule has 0 radical (unpaired) electrons. The molecule has 1 aromatic heterocycles. The smallest absolute Gasteiger partial charge is 0.249 e. The first kappa shape index (κ1) is 11.6. The van der Waals surface area contributed by atoms with Crippen LogP contribution in [0.5, 0.6) is 0 Å². The Morgan fingerprint density at radius 1 is 1.60 bits per heavy atom. The third kappa shape index (κ3) is 3.27. The van der Waals surface area contributed by atoms with Crippen LogP contribution in [-0.4, -0.2) is 17.9 Å². The van der Waals surface area contributed by atoms with Gasteiger partial charge < -0.3 is 9.32 Å². The minimum Gasteiger partial charge on any atom is -0.467 e. The minimum absolute atomic E-state index is 0.0493. The number of hydrogen-bond acceptors (Lipinski definition) is 2. The lowest BCUT2D eigenvalue weighted by Gasteiger charge is -2.15. The third-order valence-corrected chi connectivity index (χ3v) is 2.17. The predicted octanol–water partition coefficient (Wildman–Crippen LogP) is 2.59. The van der Waals surface area contributed by atoms with Gasteiger partial charge in [-0.25, -0.2) is 0 Å². The Morgan fingerprint density at radius 2 is 2.33 bits per heavy atom. The first-order valence-corrected chi connectivity index (χ1v) is 5.09. The molecule has 15 heavy (non-hydrogen) atoms. The van der Waals surface area contributed by atoms with Crippen molar-refractivity contribution < 1.29 is 9.21 Å². The molecule has 1 aromatic rings. The van der Waals surface area contributed by atoms with E-state index < -0.39 is 0 Å². The van der Waals surface area contributed by atoms with Gasteiger partial charge in [-0.05, 0) is 25.5 Å². The Hall–Kier alpha value is -1.51. The Morgan fingerprint density at radius 3 is 2.87 bits per heavy atom. The molecule has 0 atom stereocenters. The van der Waals surface area contributed by atoms with Crippen LogP contribution < -0.4 is 0 Å². The molecular weight excluding hydrogens is 190 g/mol. The van der Waals surface area contributed by atoms with Crippen LogP contribution in [0.4, 0.5) is 0 Å². The van der Waals surface area contributed by atoms with Gasteiger partial charge in [0.1, 0.15) is 5.76 Å². The van der Waals surface area contributed by atoms with E-state index in [4.69, 9.17) is 4.42 Å². The summed E-state index contributed by atoms with van der Waals surface area (Å²) >= 11 is 0. The van der Waals surface area contributed by atoms with Crippen molar-refractivity contribution in [2.45, 2.75) is 26.8 Å². The average Bonchev–Trinajstić information content (AvgIpc) is 2.69. The molecular formula is C12H17NO2. The number of hydrogen-bond donors (Lipinski definition) is 0. The molecule has 0 aliphatic rings. The summed E-state index contributed by atoms with van der Waals surface area (Å²) in [5, 5.41) is 0. The van der Waals surface area contributed by atoms with E-state index in [0.717, 1.165) is 17.8 Å². The third-order valence-electron chi connectivity index (χ3n) is 2.17. The monoisotopic (exact) mass is 207 g/mol. The maximum absolute atomic E-state index is 11.8. The second-order valence-electron chi connectivity index (χ2n) is 3.54. The molecule has 0 saturated carbocycles. The lowest BCUT2D eigenvalue weighted by atomic mass is 10.2. The summed E-state index contributed by atoms with van der Waals surface area (Å²) in [6.07, 6.45) is 4.43. The van der Waals surface area contributed by atoms with Crippen LogP contribution in [0, 0.1) is 0 Å². The van der Waals surface area contributed by atoms with Gasteiger partial charge in [0, 0.05) is 12.6 Å². The summed E-state index contributed by atoms with van der Waals surface area (Å²) in [6.45, 7) is 4.37. The van der Waals surface area contributed by atoms with E-state index in [1.807, 2.05) is 32.1 Å². The molecule has 0 aromatic carbocycles. The molecule has 0 fully saturated rings. The van der Waals surface area contributed by atoms with Gasteiger partial charge in [0.2, 0.25) is 5.91 Å². The highest BCUT2D eigenvalue weighted by Gasteiger charge is 2.11. The highest BCUT2D eigenvalue weighted by Crippen LogP contribution is 2.07. The highest BCUT2D eigenvalue weighted by molar-refractivity contribution is 5.92. The molecule has 3 heteroatoms. The Kier molecular flexibility index (Phi) is 4.16. The molecule has 1 heterocycles. The molecule has 0 saturated heterocycles. The van der Waals surface area contributed by atoms with Gasteiger partial charge in [-0.3, -0.25) is 4.79 Å². The largest absolute Gasteiger partial charge is 0.467 e. The zero-order valence-corrected chi connectivity index (χ0v) is 9.49. The Labute approximate surface area is 90.4 Å². The Balaban J connectivity index is 2.57. The zero-order chi connectivity index (χ0) is 11.3. The van der Waals surface area contributed by atoms with Crippen molar-refractivity contribution in [1.82, 2.24) is 4.90 Å². The van der Waals surface area contributed by atoms with Crippen molar-refractivity contribution in [2.24, 2.45) is 0 Å². The SMILES string of the molecule is CCC=C(C)C(=O)N(C)Cc1ccco1. The fourth-order valence-electron chi connectivity index (χ4n) is 1.40. The number of furan rings is 1. The lowest BCUT2D eigenvalue weighted by molar-refractivity contribution is -0.126. The number of carbonyl (C=O) groups excluding carboxylic acids is 1. The van der Waals surface area contributed by atoms with Crippen molar-refractivity contribution >= 4 is 5.91 Å². The summed E-state index contributed by atoms with van der Waals surface area (Å²) < 4.78 is 5.18. The second kappa shape index (κ2) is 5.39. The average molecular weight is 207 g/mol. The second-order valence-corrected chi connectivity index (χ2v) is 3.54. The molecule has 82 valence electrons. The summed E-state index contributed by atoms with van der Waals surface area (Å²) in [5.74, 6) is 0.850. The van der Waals surface area contributed by atoms with E-state index in [9.17, 15) is 4.79 Å². The molecule has 0 N–H and O–H groups in total. The van der Waals surface area contributed by atoms with Crippen molar-refractivity contribution in [2.75, 3.05) is 7.05 Å². The van der Waals surface area contributed by atoms with Gasteiger partial charge in [-0.1, -0.05) is 13.0 Å². The van der Waals surface area contributed by atoms with Crippen LogP contribution >= 0.6 is 0 Å². The van der Waals surface area contributed by atoms with Crippen molar-refractivity contribution in [3.05, 3.63) is 35.8 Å². The Bertz CT molecular complexity index is 339. The molecule has 0 aliphatic carbocycles. The van der Waals surface area contributed by atoms with E-state index in [2.05, 4.69) is 0 Å². The van der Waals surface area contributed by atoms with E-state index in [1.165, 1.54) is 0 Å². The number of carbonyl (C=O) groups is 1. The summed E-state index contributed by atoms with van der Waals surface area (Å²) in [4.78, 5) is 13.4. The van der Waals surface area contributed by atoms with Gasteiger partial charge >= 0.3 is 0 Å². The molecule has 0 spiro atoms. The van der Waals surface area contributed by atoms with Gasteiger partial charge in [0.15, 0.2) is 0 Å². The zero-order valence-electron chi connectivity index (χ0n) is 9.49. The van der Waals surface area contributed by atoms with Crippen molar-refractivity contribution in [3.63, 3.8) is 0 Å². The quantitative estimate of drug-likeness (QED) is 0.711. The highest BCUT2D eigenvalue weighted by atomic mass is 16.3. The molecule has 0 unspecified atom stereocenters. The van der Waals surface area contributed by atoms with Crippen molar-refractivity contribution in [3.8, 4) is 0 Å². The molecule has 1 rings (SSSR count). The van der Waals surface area contributed by atoms with Crippen LogP contribution in [0.3, 0.4) is 0 Å². The van der Waals surface area contributed by atoms with Crippen LogP contribution in [0.25, 0.3) is 0 Å². The van der Waals surface area contributed by atoms with Gasteiger partial charge in [-0.2, -0.15) is 0 Å². The standard InChI is InChI=1S/C12H17NO2/c1-4-6-10(2)12(14)13(3)9-11-7-5-8-15-11/h5-8H,4,9H2,1-3H3. The summed E-state index contributed by atoms with van der Waals surface area (Å²) in [6, 6.07) is 3.69. The van der Waals surface area contributed by atoms with E-state index in [-0.39, 0.29) is 5.91 Å². The first-order chi connectivity index (χ1) is 7.15. The predicted molar refractivity (Wildman–Crippen MR) is 59.2 cm³/mol. The summed E-state index contributed by atoms with van der Waals surface area (Å²) in [5.41, 5.74) is 0.784. The molecule has 0 bridgehead atoms. The number of allylic oxidation sites excluding steroid dienone is 1. The van der Waals surface area contributed by atoms with Crippen LogP contribution in [-0.2, 0) is 11.3 Å². The normalized spacial score (nSPS) is 11.5. The van der Waals surface area contributed by atoms with Gasteiger partial charge in [0.25, 0.3) is 0 Å². The topological polar surface area (TPSA) is 33.5 Å². The van der Waals surface area contributed by atoms with Crippen LogP contribution in [0.15, 0.2) is 34.5 Å². The fraction of sp³-hybridized carbons (Fsp3) is 0.417. The lowest BCUT2D eigenvalue weighted by Crippen LogP contribution is -2.26. The van der Waals surface area contributed by atoms with Crippen LogP contribution in [0.1, 0.15) is 26.0 Å². The molecule has 1 amide bonds.